The molecule has 1 heterocycles. The molecular weight excluding hydrogens is 515 g/mol. The van der Waals surface area contributed by atoms with Crippen LogP contribution in [0.2, 0.25) is 10.0 Å². The molecule has 6 nitrogen and oxygen atoms in total. The van der Waals surface area contributed by atoms with Crippen LogP contribution < -0.4 is 14.4 Å². The summed E-state index contributed by atoms with van der Waals surface area (Å²) in [5.41, 5.74) is 0.966. The second-order valence-electron chi connectivity index (χ2n) is 7.26. The lowest BCUT2D eigenvalue weighted by atomic mass is 10.2. The Morgan fingerprint density at radius 1 is 1.03 bits per heavy atom. The average molecular weight is 535 g/mol. The first-order valence-electron chi connectivity index (χ1n) is 10.2. The van der Waals surface area contributed by atoms with Crippen LogP contribution in [0.25, 0.3) is 10.1 Å². The lowest BCUT2D eigenvalue weighted by Crippen LogP contribution is -2.30. The smallest absolute Gasteiger partial charge is 0.265 e. The molecule has 0 saturated carbocycles. The minimum Gasteiger partial charge on any atom is -0.497 e. The molecule has 0 bridgehead atoms. The molecule has 176 valence electrons. The minimum absolute atomic E-state index is 0.167. The van der Waals surface area contributed by atoms with Gasteiger partial charge in [-0.3, -0.25) is 9.10 Å². The Bertz CT molecular complexity index is 1470. The molecule has 0 radical (unpaired) electrons. The maximum absolute atomic E-state index is 13.3. The van der Waals surface area contributed by atoms with Crippen molar-refractivity contribution in [1.82, 2.24) is 0 Å². The van der Waals surface area contributed by atoms with E-state index >= 15 is 0 Å². The molecule has 0 unspecified atom stereocenters. The van der Waals surface area contributed by atoms with Gasteiger partial charge in [0.15, 0.2) is 0 Å². The number of halogens is 2. The highest BCUT2D eigenvalue weighted by Gasteiger charge is 2.24. The van der Waals surface area contributed by atoms with E-state index in [2.05, 4.69) is 5.32 Å². The number of thiophene rings is 1. The molecule has 0 aliphatic carbocycles. The highest BCUT2D eigenvalue weighted by atomic mass is 35.5. The van der Waals surface area contributed by atoms with Gasteiger partial charge in [0.25, 0.3) is 15.9 Å². The molecule has 3 aromatic carbocycles. The van der Waals surface area contributed by atoms with Crippen LogP contribution in [0.3, 0.4) is 0 Å². The van der Waals surface area contributed by atoms with Gasteiger partial charge in [-0.25, -0.2) is 8.42 Å². The lowest BCUT2D eigenvalue weighted by molar-refractivity contribution is 0.103. The zero-order chi connectivity index (χ0) is 24.5. The topological polar surface area (TPSA) is 75.7 Å². The first kappa shape index (κ1) is 24.3. The van der Waals surface area contributed by atoms with E-state index < -0.39 is 10.0 Å². The van der Waals surface area contributed by atoms with Gasteiger partial charge in [0.05, 0.1) is 33.3 Å². The Morgan fingerprint density at radius 3 is 2.41 bits per heavy atom. The van der Waals surface area contributed by atoms with Crippen LogP contribution in [0.5, 0.6) is 5.75 Å². The first-order chi connectivity index (χ1) is 16.2. The number of nitrogens with zero attached hydrogens (tertiary/aromatic N) is 1. The molecule has 0 spiro atoms. The van der Waals surface area contributed by atoms with E-state index in [0.717, 1.165) is 10.1 Å². The monoisotopic (exact) mass is 534 g/mol. The van der Waals surface area contributed by atoms with Crippen molar-refractivity contribution >= 4 is 71.9 Å². The standard InChI is InChI=1S/C24H20Cl2N2O4S2/c1-3-28(34(30,31)19-8-6-18(32-2)7-9-19)17-5-11-22-15(12-17)13-23(33-22)24(29)27-21-10-4-16(25)14-20(21)26/h4-14H,3H2,1-2H3,(H,27,29). The highest BCUT2D eigenvalue weighted by molar-refractivity contribution is 7.92. The number of carbonyl (C=O) groups is 1. The summed E-state index contributed by atoms with van der Waals surface area (Å²) in [5.74, 6) is 0.262. The largest absolute Gasteiger partial charge is 0.497 e. The van der Waals surface area contributed by atoms with Crippen LogP contribution in [0, 0.1) is 0 Å². The fourth-order valence-corrected chi connectivity index (χ4v) is 6.30. The van der Waals surface area contributed by atoms with Crippen LogP contribution in [0.4, 0.5) is 11.4 Å². The third-order valence-electron chi connectivity index (χ3n) is 5.13. The van der Waals surface area contributed by atoms with Gasteiger partial charge in [-0.05, 0) is 79.0 Å². The van der Waals surface area contributed by atoms with E-state index in [4.69, 9.17) is 27.9 Å². The fraction of sp³-hybridized carbons (Fsp3) is 0.125. The molecule has 0 atom stereocenters. The van der Waals surface area contributed by atoms with Crippen molar-refractivity contribution in [2.45, 2.75) is 11.8 Å². The van der Waals surface area contributed by atoms with Crippen molar-refractivity contribution in [3.05, 3.63) is 81.7 Å². The van der Waals surface area contributed by atoms with Gasteiger partial charge in [0, 0.05) is 16.3 Å². The summed E-state index contributed by atoms with van der Waals surface area (Å²) >= 11 is 13.4. The number of nitrogens with one attached hydrogen (secondary N) is 1. The predicted molar refractivity (Wildman–Crippen MR) is 139 cm³/mol. The number of carbonyl (C=O) groups excluding carboxylic acids is 1. The maximum Gasteiger partial charge on any atom is 0.265 e. The van der Waals surface area contributed by atoms with E-state index in [-0.39, 0.29) is 17.3 Å². The van der Waals surface area contributed by atoms with Crippen LogP contribution >= 0.6 is 34.5 Å². The maximum atomic E-state index is 13.3. The predicted octanol–water partition coefficient (Wildman–Crippen LogP) is 6.68. The molecular formula is C24H20Cl2N2O4S2. The number of anilines is 2. The Balaban J connectivity index is 1.63. The fourth-order valence-electron chi connectivity index (χ4n) is 3.44. The van der Waals surface area contributed by atoms with Gasteiger partial charge in [-0.15, -0.1) is 11.3 Å². The second kappa shape index (κ2) is 9.84. The van der Waals surface area contributed by atoms with Crippen molar-refractivity contribution < 1.29 is 17.9 Å². The SMILES string of the molecule is CCN(c1ccc2sc(C(=O)Nc3ccc(Cl)cc3Cl)cc2c1)S(=O)(=O)c1ccc(OC)cc1. The number of benzene rings is 3. The van der Waals surface area contributed by atoms with Gasteiger partial charge in [0.1, 0.15) is 5.75 Å². The summed E-state index contributed by atoms with van der Waals surface area (Å²) in [6, 6.07) is 18.1. The number of sulfonamides is 1. The molecule has 1 aromatic heterocycles. The highest BCUT2D eigenvalue weighted by Crippen LogP contribution is 2.33. The Hall–Kier alpha value is -2.78. The summed E-state index contributed by atoms with van der Waals surface area (Å²) in [6.45, 7) is 2.01. The lowest BCUT2D eigenvalue weighted by Gasteiger charge is -2.23. The van der Waals surface area contributed by atoms with Crippen LogP contribution in [0.15, 0.2) is 71.6 Å². The van der Waals surface area contributed by atoms with Gasteiger partial charge in [-0.1, -0.05) is 23.2 Å². The summed E-state index contributed by atoms with van der Waals surface area (Å²) in [7, 11) is -2.26. The van der Waals surface area contributed by atoms with Gasteiger partial charge < -0.3 is 10.1 Å². The van der Waals surface area contributed by atoms with E-state index in [0.29, 0.717) is 32.0 Å². The first-order valence-corrected chi connectivity index (χ1v) is 13.2. The second-order valence-corrected chi connectivity index (χ2v) is 11.0. The number of ether oxygens (including phenoxy) is 1. The number of hydrogen-bond donors (Lipinski definition) is 1. The average Bonchev–Trinajstić information content (AvgIpc) is 3.25. The van der Waals surface area contributed by atoms with Crippen LogP contribution in [-0.2, 0) is 10.0 Å². The summed E-state index contributed by atoms with van der Waals surface area (Å²) in [6.07, 6.45) is 0. The molecule has 4 rings (SSSR count). The van der Waals surface area contributed by atoms with E-state index in [1.165, 1.54) is 34.9 Å². The molecule has 0 aliphatic heterocycles. The number of hydrogen-bond acceptors (Lipinski definition) is 5. The number of rotatable bonds is 7. The van der Waals surface area contributed by atoms with Crippen molar-refractivity contribution in [2.24, 2.45) is 0 Å². The van der Waals surface area contributed by atoms with E-state index in [9.17, 15) is 13.2 Å². The quantitative estimate of drug-likeness (QED) is 0.286. The normalized spacial score (nSPS) is 11.4. The molecule has 0 aliphatic rings. The van der Waals surface area contributed by atoms with E-state index in [1.54, 1.807) is 55.5 Å². The molecule has 34 heavy (non-hydrogen) atoms. The Labute approximate surface area is 211 Å². The summed E-state index contributed by atoms with van der Waals surface area (Å²) in [5, 5.41) is 4.36. The van der Waals surface area contributed by atoms with Gasteiger partial charge in [-0.2, -0.15) is 0 Å². The van der Waals surface area contributed by atoms with E-state index in [1.807, 2.05) is 6.07 Å². The van der Waals surface area contributed by atoms with Gasteiger partial charge in [0.2, 0.25) is 0 Å². The zero-order valence-corrected chi connectivity index (χ0v) is 21.4. The molecule has 1 N–H and O–H groups in total. The third-order valence-corrected chi connectivity index (χ3v) is 8.71. The number of fused-ring (bicyclic) bond motifs is 1. The molecule has 1 amide bonds. The number of methoxy groups -OCH3 is 1. The molecule has 0 fully saturated rings. The van der Waals surface area contributed by atoms with Crippen molar-refractivity contribution in [3.8, 4) is 5.75 Å². The van der Waals surface area contributed by atoms with Crippen molar-refractivity contribution in [2.75, 3.05) is 23.3 Å². The third kappa shape index (κ3) is 4.86. The van der Waals surface area contributed by atoms with Crippen LogP contribution in [0.1, 0.15) is 16.6 Å². The molecule has 4 aromatic rings. The molecule has 0 saturated heterocycles. The Morgan fingerprint density at radius 2 is 1.76 bits per heavy atom. The summed E-state index contributed by atoms with van der Waals surface area (Å²) < 4.78 is 33.9. The number of amides is 1. The summed E-state index contributed by atoms with van der Waals surface area (Å²) in [4.78, 5) is 13.4. The van der Waals surface area contributed by atoms with Gasteiger partial charge >= 0.3 is 0 Å². The Kier molecular flexibility index (Phi) is 7.04. The van der Waals surface area contributed by atoms with Crippen molar-refractivity contribution in [3.63, 3.8) is 0 Å². The van der Waals surface area contributed by atoms with Crippen molar-refractivity contribution in [1.29, 1.82) is 0 Å². The zero-order valence-electron chi connectivity index (χ0n) is 18.2. The molecule has 10 heteroatoms. The minimum atomic E-state index is -3.78. The van der Waals surface area contributed by atoms with Crippen LogP contribution in [-0.4, -0.2) is 28.0 Å².